The number of aromatic nitrogens is 1. The normalized spacial score (nSPS) is 12.5. The lowest BCUT2D eigenvalue weighted by Crippen LogP contribution is -2.23. The first-order valence-corrected chi connectivity index (χ1v) is 10.8. The summed E-state index contributed by atoms with van der Waals surface area (Å²) >= 11 is 4.60. The van der Waals surface area contributed by atoms with E-state index in [2.05, 4.69) is 20.3 Å². The van der Waals surface area contributed by atoms with Gasteiger partial charge in [0.25, 0.3) is 10.0 Å². The van der Waals surface area contributed by atoms with Crippen molar-refractivity contribution in [1.29, 1.82) is 0 Å². The summed E-state index contributed by atoms with van der Waals surface area (Å²) in [6.45, 7) is 1.86. The molecule has 3 aromatic rings. The number of benzene rings is 2. The van der Waals surface area contributed by atoms with Crippen molar-refractivity contribution in [2.75, 3.05) is 6.61 Å². The molecule has 0 fully saturated rings. The summed E-state index contributed by atoms with van der Waals surface area (Å²) in [7, 11) is -3.89. The fraction of sp³-hybridized carbons (Fsp3) is 0.176. The van der Waals surface area contributed by atoms with Gasteiger partial charge in [0.1, 0.15) is 6.54 Å². The molecule has 0 atom stereocenters. The van der Waals surface area contributed by atoms with E-state index in [4.69, 9.17) is 4.74 Å². The van der Waals surface area contributed by atoms with Gasteiger partial charge in [0.05, 0.1) is 21.7 Å². The zero-order valence-corrected chi connectivity index (χ0v) is 17.0. The molecule has 0 saturated carbocycles. The van der Waals surface area contributed by atoms with Crippen LogP contribution in [0, 0.1) is 0 Å². The molecule has 0 unspecified atom stereocenters. The zero-order chi connectivity index (χ0) is 18.7. The first-order valence-electron chi connectivity index (χ1n) is 7.71. The number of hydrogen-bond acceptors (Lipinski definition) is 5. The molecule has 9 heteroatoms. The molecule has 0 N–H and O–H groups in total. The minimum Gasteiger partial charge on any atom is -0.465 e. The predicted molar refractivity (Wildman–Crippen MR) is 103 cm³/mol. The molecule has 2 aromatic carbocycles. The molecule has 0 saturated heterocycles. The number of nitrogens with zero attached hydrogens (tertiary/aromatic N) is 2. The van der Waals surface area contributed by atoms with Crippen molar-refractivity contribution in [3.63, 3.8) is 0 Å². The van der Waals surface area contributed by atoms with Crippen LogP contribution in [0.25, 0.3) is 10.2 Å². The third-order valence-electron chi connectivity index (χ3n) is 3.48. The third-order valence-corrected chi connectivity index (χ3v) is 6.41. The fourth-order valence-corrected chi connectivity index (χ4v) is 5.16. The topological polar surface area (TPSA) is 77.7 Å². The second-order valence-corrected chi connectivity index (χ2v) is 8.80. The Morgan fingerprint density at radius 2 is 1.96 bits per heavy atom. The quantitative estimate of drug-likeness (QED) is 0.553. The number of ether oxygens (including phenoxy) is 1. The van der Waals surface area contributed by atoms with E-state index in [1.54, 1.807) is 29.7 Å². The van der Waals surface area contributed by atoms with Gasteiger partial charge in [-0.25, -0.2) is 0 Å². The van der Waals surface area contributed by atoms with Gasteiger partial charge in [0.2, 0.25) is 4.80 Å². The molecule has 0 aliphatic carbocycles. The molecule has 0 aliphatic heterocycles. The van der Waals surface area contributed by atoms with E-state index in [0.29, 0.717) is 5.52 Å². The van der Waals surface area contributed by atoms with Crippen molar-refractivity contribution in [3.05, 3.63) is 57.8 Å². The molecule has 6 nitrogen and oxygen atoms in total. The van der Waals surface area contributed by atoms with Gasteiger partial charge in [0.15, 0.2) is 0 Å². The van der Waals surface area contributed by atoms with Gasteiger partial charge in [-0.05, 0) is 37.3 Å². The van der Waals surface area contributed by atoms with Crippen molar-refractivity contribution >= 4 is 53.5 Å². The Bertz CT molecular complexity index is 1120. The summed E-state index contributed by atoms with van der Waals surface area (Å²) in [5.41, 5.74) is 0.716. The van der Waals surface area contributed by atoms with Crippen LogP contribution in [0.4, 0.5) is 0 Å². The Balaban J connectivity index is 2.19. The van der Waals surface area contributed by atoms with E-state index in [9.17, 15) is 13.2 Å². The van der Waals surface area contributed by atoms with Gasteiger partial charge >= 0.3 is 5.97 Å². The SMILES string of the molecule is CCOC(=O)Cn1/c(=N/S(=O)(=O)c2ccccc2)sc2cc(Br)ccc21. The molecular weight excluding hydrogens is 440 g/mol. The maximum absolute atomic E-state index is 12.6. The number of fused-ring (bicyclic) bond motifs is 1. The van der Waals surface area contributed by atoms with Crippen LogP contribution in [0.5, 0.6) is 0 Å². The predicted octanol–water partition coefficient (Wildman–Crippen LogP) is 3.32. The summed E-state index contributed by atoms with van der Waals surface area (Å²) < 4.78 is 37.4. The van der Waals surface area contributed by atoms with E-state index in [1.165, 1.54) is 23.5 Å². The molecule has 0 bridgehead atoms. The Kier molecular flexibility index (Phi) is 5.59. The Morgan fingerprint density at radius 1 is 1.23 bits per heavy atom. The molecule has 1 aromatic heterocycles. The van der Waals surface area contributed by atoms with Crippen molar-refractivity contribution < 1.29 is 17.9 Å². The number of thiazole rings is 1. The van der Waals surface area contributed by atoms with Crippen molar-refractivity contribution in [2.45, 2.75) is 18.4 Å². The lowest BCUT2D eigenvalue weighted by Gasteiger charge is -2.05. The number of carbonyl (C=O) groups is 1. The number of hydrogen-bond donors (Lipinski definition) is 0. The average molecular weight is 455 g/mol. The number of sulfonamides is 1. The second kappa shape index (κ2) is 7.73. The molecule has 0 spiro atoms. The van der Waals surface area contributed by atoms with Crippen molar-refractivity contribution in [1.82, 2.24) is 4.57 Å². The highest BCUT2D eigenvalue weighted by molar-refractivity contribution is 9.10. The lowest BCUT2D eigenvalue weighted by atomic mass is 10.3. The summed E-state index contributed by atoms with van der Waals surface area (Å²) in [6.07, 6.45) is 0. The molecule has 26 heavy (non-hydrogen) atoms. The molecule has 0 amide bonds. The number of halogens is 1. The first-order chi connectivity index (χ1) is 12.4. The third kappa shape index (κ3) is 4.05. The standard InChI is InChI=1S/C17H15BrN2O4S2/c1-2-24-16(21)11-20-14-9-8-12(18)10-15(14)25-17(20)19-26(22,23)13-6-4-3-5-7-13/h3-10H,2,11H2,1H3/b19-17-. The van der Waals surface area contributed by atoms with Crippen LogP contribution < -0.4 is 4.80 Å². The van der Waals surface area contributed by atoms with E-state index >= 15 is 0 Å². The van der Waals surface area contributed by atoms with Crippen LogP contribution in [-0.4, -0.2) is 25.6 Å². The van der Waals surface area contributed by atoms with E-state index < -0.39 is 16.0 Å². The van der Waals surface area contributed by atoms with Gasteiger partial charge in [-0.15, -0.1) is 4.40 Å². The Labute approximate surface area is 162 Å². The highest BCUT2D eigenvalue weighted by atomic mass is 79.9. The molecule has 3 rings (SSSR count). The van der Waals surface area contributed by atoms with Gasteiger partial charge in [-0.3, -0.25) is 4.79 Å². The molecular formula is C17H15BrN2O4S2. The molecule has 136 valence electrons. The summed E-state index contributed by atoms with van der Waals surface area (Å²) in [4.78, 5) is 12.3. The average Bonchev–Trinajstić information content (AvgIpc) is 2.91. The lowest BCUT2D eigenvalue weighted by molar-refractivity contribution is -0.143. The fourth-order valence-electron chi connectivity index (χ4n) is 2.35. The van der Waals surface area contributed by atoms with E-state index in [0.717, 1.165) is 9.17 Å². The smallest absolute Gasteiger partial charge is 0.326 e. The Hall–Kier alpha value is -1.97. The second-order valence-electron chi connectivity index (χ2n) is 5.27. The maximum atomic E-state index is 12.6. The number of esters is 1. The van der Waals surface area contributed by atoms with Crippen LogP contribution in [0.3, 0.4) is 0 Å². The van der Waals surface area contributed by atoms with Crippen molar-refractivity contribution in [3.8, 4) is 0 Å². The first kappa shape index (κ1) is 18.8. The van der Waals surface area contributed by atoms with E-state index in [-0.39, 0.29) is 22.8 Å². The van der Waals surface area contributed by atoms with Crippen LogP contribution in [0.2, 0.25) is 0 Å². The van der Waals surface area contributed by atoms with Crippen LogP contribution in [0.15, 0.2) is 62.3 Å². The van der Waals surface area contributed by atoms with Crippen molar-refractivity contribution in [2.24, 2.45) is 4.40 Å². The highest BCUT2D eigenvalue weighted by Gasteiger charge is 2.16. The molecule has 0 aliphatic rings. The van der Waals surface area contributed by atoms with Crippen LogP contribution >= 0.6 is 27.3 Å². The maximum Gasteiger partial charge on any atom is 0.326 e. The van der Waals surface area contributed by atoms with Crippen LogP contribution in [0.1, 0.15) is 6.92 Å². The number of carbonyl (C=O) groups excluding carboxylic acids is 1. The molecule has 1 heterocycles. The zero-order valence-electron chi connectivity index (χ0n) is 13.8. The Morgan fingerprint density at radius 3 is 2.65 bits per heavy atom. The van der Waals surface area contributed by atoms with Gasteiger partial charge < -0.3 is 9.30 Å². The summed E-state index contributed by atoms with van der Waals surface area (Å²) in [5, 5.41) is 0. The monoisotopic (exact) mass is 454 g/mol. The minimum atomic E-state index is -3.89. The van der Waals surface area contributed by atoms with Gasteiger partial charge in [-0.2, -0.15) is 8.42 Å². The van der Waals surface area contributed by atoms with E-state index in [1.807, 2.05) is 18.2 Å². The summed E-state index contributed by atoms with van der Waals surface area (Å²) in [5.74, 6) is -0.450. The number of rotatable bonds is 5. The largest absolute Gasteiger partial charge is 0.465 e. The van der Waals surface area contributed by atoms with Crippen LogP contribution in [-0.2, 0) is 26.1 Å². The minimum absolute atomic E-state index is 0.0984. The highest BCUT2D eigenvalue weighted by Crippen LogP contribution is 2.23. The van der Waals surface area contributed by atoms with Gasteiger partial charge in [0, 0.05) is 4.47 Å². The summed E-state index contributed by atoms with van der Waals surface area (Å²) in [6, 6.07) is 13.5. The van der Waals surface area contributed by atoms with Gasteiger partial charge in [-0.1, -0.05) is 45.5 Å². The molecule has 0 radical (unpaired) electrons.